The minimum Gasteiger partial charge on any atom is -0.353 e. The van der Waals surface area contributed by atoms with Crippen LogP contribution in [0.2, 0.25) is 0 Å². The van der Waals surface area contributed by atoms with Gasteiger partial charge in [0.05, 0.1) is 11.3 Å². The Kier molecular flexibility index (Phi) is 3.94. The first kappa shape index (κ1) is 14.3. The average Bonchev–Trinajstić information content (AvgIpc) is 2.40. The predicted molar refractivity (Wildman–Crippen MR) is 69.0 cm³/mol. The highest BCUT2D eigenvalue weighted by atomic mass is 19.4. The van der Waals surface area contributed by atoms with E-state index in [0.717, 1.165) is 17.7 Å². The van der Waals surface area contributed by atoms with E-state index in [9.17, 15) is 17.6 Å². The van der Waals surface area contributed by atoms with Gasteiger partial charge in [-0.1, -0.05) is 18.2 Å². The maximum Gasteiger partial charge on any atom is 0.416 e. The summed E-state index contributed by atoms with van der Waals surface area (Å²) in [6.07, 6.45) is -4.56. The van der Waals surface area contributed by atoms with Gasteiger partial charge in [0.15, 0.2) is 0 Å². The second-order valence-corrected chi connectivity index (χ2v) is 4.18. The van der Waals surface area contributed by atoms with Crippen LogP contribution in [0, 0.1) is 5.82 Å². The van der Waals surface area contributed by atoms with Crippen LogP contribution in [-0.4, -0.2) is 0 Å². The van der Waals surface area contributed by atoms with Crippen molar-refractivity contribution >= 4 is 11.4 Å². The highest BCUT2D eigenvalue weighted by Crippen LogP contribution is 2.32. The maximum atomic E-state index is 13.7. The Hall–Kier alpha value is -2.08. The van der Waals surface area contributed by atoms with Gasteiger partial charge < -0.3 is 11.1 Å². The van der Waals surface area contributed by atoms with Crippen LogP contribution in [0.5, 0.6) is 0 Å². The summed E-state index contributed by atoms with van der Waals surface area (Å²) in [7, 11) is 0. The van der Waals surface area contributed by atoms with Crippen LogP contribution in [0.3, 0.4) is 0 Å². The molecular weight excluding hydrogens is 272 g/mol. The van der Waals surface area contributed by atoms with Gasteiger partial charge in [0.2, 0.25) is 0 Å². The maximum absolute atomic E-state index is 13.7. The first-order valence-electron chi connectivity index (χ1n) is 5.83. The minimum atomic E-state index is -4.56. The SMILES string of the molecule is NCc1ccccc1Nc1ccc(C(F)(F)F)cc1F. The lowest BCUT2D eigenvalue weighted by Gasteiger charge is -2.13. The lowest BCUT2D eigenvalue weighted by atomic mass is 10.1. The van der Waals surface area contributed by atoms with Crippen LogP contribution < -0.4 is 11.1 Å². The second kappa shape index (κ2) is 5.50. The molecule has 0 atom stereocenters. The zero-order chi connectivity index (χ0) is 14.8. The van der Waals surface area contributed by atoms with E-state index in [1.807, 2.05) is 0 Å². The van der Waals surface area contributed by atoms with Gasteiger partial charge in [0.1, 0.15) is 5.82 Å². The molecule has 2 nitrogen and oxygen atoms in total. The summed E-state index contributed by atoms with van der Waals surface area (Å²) in [4.78, 5) is 0. The standard InChI is InChI=1S/C14H12F4N2/c15-11-7-10(14(16,17)18)5-6-13(11)20-12-4-2-1-3-9(12)8-19/h1-7,20H,8,19H2. The van der Waals surface area contributed by atoms with Gasteiger partial charge in [-0.3, -0.25) is 0 Å². The molecule has 0 spiro atoms. The predicted octanol–water partition coefficient (Wildman–Crippen LogP) is 4.05. The third-order valence-electron chi connectivity index (χ3n) is 2.80. The van der Waals surface area contributed by atoms with E-state index in [2.05, 4.69) is 5.32 Å². The van der Waals surface area contributed by atoms with Crippen molar-refractivity contribution in [3.8, 4) is 0 Å². The quantitative estimate of drug-likeness (QED) is 0.834. The Balaban J connectivity index is 2.31. The molecule has 0 heterocycles. The number of nitrogens with one attached hydrogen (secondary N) is 1. The van der Waals surface area contributed by atoms with Crippen LogP contribution in [0.4, 0.5) is 28.9 Å². The van der Waals surface area contributed by atoms with E-state index in [1.54, 1.807) is 24.3 Å². The average molecular weight is 284 g/mol. The number of anilines is 2. The summed E-state index contributed by atoms with van der Waals surface area (Å²) in [5.74, 6) is -0.966. The van der Waals surface area contributed by atoms with Gasteiger partial charge in [0.25, 0.3) is 0 Å². The van der Waals surface area contributed by atoms with Crippen molar-refractivity contribution in [3.63, 3.8) is 0 Å². The molecule has 0 amide bonds. The Labute approximate surface area is 113 Å². The van der Waals surface area contributed by atoms with Gasteiger partial charge in [-0.2, -0.15) is 13.2 Å². The molecule has 2 aromatic carbocycles. The lowest BCUT2D eigenvalue weighted by molar-refractivity contribution is -0.137. The second-order valence-electron chi connectivity index (χ2n) is 4.18. The van der Waals surface area contributed by atoms with Crippen LogP contribution >= 0.6 is 0 Å². The van der Waals surface area contributed by atoms with Crippen molar-refractivity contribution in [2.75, 3.05) is 5.32 Å². The van der Waals surface area contributed by atoms with Crippen molar-refractivity contribution in [1.82, 2.24) is 0 Å². The van der Waals surface area contributed by atoms with Crippen LogP contribution in [-0.2, 0) is 12.7 Å². The van der Waals surface area contributed by atoms with Crippen molar-refractivity contribution < 1.29 is 17.6 Å². The molecule has 0 bridgehead atoms. The number of benzene rings is 2. The summed E-state index contributed by atoms with van der Waals surface area (Å²) in [5, 5.41) is 2.75. The van der Waals surface area contributed by atoms with Crippen LogP contribution in [0.25, 0.3) is 0 Å². The number of alkyl halides is 3. The molecule has 3 N–H and O–H groups in total. The smallest absolute Gasteiger partial charge is 0.353 e. The highest BCUT2D eigenvalue weighted by molar-refractivity contribution is 5.64. The zero-order valence-electron chi connectivity index (χ0n) is 10.3. The Morgan fingerprint density at radius 2 is 1.70 bits per heavy atom. The van der Waals surface area contributed by atoms with E-state index in [4.69, 9.17) is 5.73 Å². The summed E-state index contributed by atoms with van der Waals surface area (Å²) in [6.45, 7) is 0.241. The van der Waals surface area contributed by atoms with E-state index in [-0.39, 0.29) is 12.2 Å². The van der Waals surface area contributed by atoms with Gasteiger partial charge in [-0.05, 0) is 29.8 Å². The summed E-state index contributed by atoms with van der Waals surface area (Å²) >= 11 is 0. The van der Waals surface area contributed by atoms with Crippen LogP contribution in [0.1, 0.15) is 11.1 Å². The molecule has 20 heavy (non-hydrogen) atoms. The highest BCUT2D eigenvalue weighted by Gasteiger charge is 2.31. The molecule has 6 heteroatoms. The molecule has 0 fully saturated rings. The Morgan fingerprint density at radius 1 is 1.00 bits per heavy atom. The molecule has 2 rings (SSSR count). The fourth-order valence-electron chi connectivity index (χ4n) is 1.76. The van der Waals surface area contributed by atoms with Crippen molar-refractivity contribution in [2.45, 2.75) is 12.7 Å². The number of para-hydroxylation sites is 1. The molecule has 0 saturated heterocycles. The monoisotopic (exact) mass is 284 g/mol. The fraction of sp³-hybridized carbons (Fsp3) is 0.143. The van der Waals surface area contributed by atoms with Gasteiger partial charge >= 0.3 is 6.18 Å². The van der Waals surface area contributed by atoms with E-state index < -0.39 is 17.6 Å². The first-order valence-corrected chi connectivity index (χ1v) is 5.83. The van der Waals surface area contributed by atoms with Crippen LogP contribution in [0.15, 0.2) is 42.5 Å². The Morgan fingerprint density at radius 3 is 2.30 bits per heavy atom. The number of halogens is 4. The topological polar surface area (TPSA) is 38.0 Å². The van der Waals surface area contributed by atoms with E-state index in [1.165, 1.54) is 0 Å². The third kappa shape index (κ3) is 3.08. The molecule has 106 valence electrons. The molecule has 0 radical (unpaired) electrons. The largest absolute Gasteiger partial charge is 0.416 e. The number of rotatable bonds is 3. The van der Waals surface area contributed by atoms with E-state index >= 15 is 0 Å². The Bertz CT molecular complexity index is 608. The van der Waals surface area contributed by atoms with Gasteiger partial charge in [0, 0.05) is 12.2 Å². The minimum absolute atomic E-state index is 0.0288. The molecule has 0 aliphatic heterocycles. The van der Waals surface area contributed by atoms with E-state index in [0.29, 0.717) is 11.8 Å². The third-order valence-corrected chi connectivity index (χ3v) is 2.80. The summed E-state index contributed by atoms with van der Waals surface area (Å²) < 4.78 is 51.0. The lowest BCUT2D eigenvalue weighted by Crippen LogP contribution is -2.07. The molecule has 0 aliphatic carbocycles. The van der Waals surface area contributed by atoms with Crippen molar-refractivity contribution in [1.29, 1.82) is 0 Å². The zero-order valence-corrected chi connectivity index (χ0v) is 10.3. The van der Waals surface area contributed by atoms with Gasteiger partial charge in [-0.15, -0.1) is 0 Å². The summed E-state index contributed by atoms with van der Waals surface area (Å²) in [6, 6.07) is 9.29. The molecule has 0 saturated carbocycles. The molecule has 0 unspecified atom stereocenters. The van der Waals surface area contributed by atoms with Crippen molar-refractivity contribution in [3.05, 3.63) is 59.4 Å². The number of nitrogens with two attached hydrogens (primary N) is 1. The van der Waals surface area contributed by atoms with Gasteiger partial charge in [-0.25, -0.2) is 4.39 Å². The molecule has 2 aromatic rings. The fourth-order valence-corrected chi connectivity index (χ4v) is 1.76. The molecule has 0 aliphatic rings. The molecular formula is C14H12F4N2. The summed E-state index contributed by atoms with van der Waals surface area (Å²) in [5.41, 5.74) is 5.80. The number of hydrogen-bond donors (Lipinski definition) is 2. The van der Waals surface area contributed by atoms with Crippen molar-refractivity contribution in [2.24, 2.45) is 5.73 Å². The molecule has 0 aromatic heterocycles. The first-order chi connectivity index (χ1) is 9.41. The normalized spacial score (nSPS) is 11.4. The number of hydrogen-bond acceptors (Lipinski definition) is 2.